The van der Waals surface area contributed by atoms with E-state index in [0.717, 1.165) is 6.42 Å². The lowest BCUT2D eigenvalue weighted by Gasteiger charge is -2.12. The lowest BCUT2D eigenvalue weighted by Crippen LogP contribution is -2.04. The molecule has 0 bridgehead atoms. The van der Waals surface area contributed by atoms with Crippen molar-refractivity contribution >= 4 is 10.8 Å². The average Bonchev–Trinajstić information content (AvgIpc) is 2.30. The Hall–Kier alpha value is -1.34. The average molecular weight is 198 g/mol. The van der Waals surface area contributed by atoms with Crippen molar-refractivity contribution in [3.05, 3.63) is 54.6 Å². The van der Waals surface area contributed by atoms with E-state index in [2.05, 4.69) is 49.4 Å². The largest absolute Gasteiger partial charge is 0.326 e. The fourth-order valence-corrected chi connectivity index (χ4v) is 1.92. The van der Waals surface area contributed by atoms with E-state index in [1.807, 2.05) is 0 Å². The number of hydrogen-bond acceptors (Lipinski definition) is 1. The zero-order valence-corrected chi connectivity index (χ0v) is 8.98. The molecule has 0 heterocycles. The number of benzene rings is 2. The van der Waals surface area contributed by atoms with E-state index < -0.39 is 0 Å². The summed E-state index contributed by atoms with van der Waals surface area (Å²) in [5, 5.41) is 2.57. The maximum Gasteiger partial charge on any atom is 0.0267 e. The standard InChI is InChI=1S/C14H16N/c1-2-11(10-15)14-8-7-12-5-3-4-6-13(12)9-14/h3-11H,2,15H2,1H3. The Balaban J connectivity index is 2.46. The van der Waals surface area contributed by atoms with Gasteiger partial charge in [-0.3, -0.25) is 0 Å². The maximum absolute atomic E-state index is 5.63. The molecule has 77 valence electrons. The van der Waals surface area contributed by atoms with Crippen LogP contribution in [0.3, 0.4) is 0 Å². The van der Waals surface area contributed by atoms with Gasteiger partial charge in [-0.15, -0.1) is 0 Å². The number of hydrogen-bond donors (Lipinski definition) is 1. The molecule has 0 aliphatic carbocycles. The van der Waals surface area contributed by atoms with Gasteiger partial charge in [0.25, 0.3) is 0 Å². The van der Waals surface area contributed by atoms with Gasteiger partial charge < -0.3 is 5.73 Å². The van der Waals surface area contributed by atoms with Gasteiger partial charge in [-0.2, -0.15) is 0 Å². The molecule has 2 aromatic carbocycles. The van der Waals surface area contributed by atoms with E-state index >= 15 is 0 Å². The van der Waals surface area contributed by atoms with E-state index in [9.17, 15) is 0 Å². The molecule has 15 heavy (non-hydrogen) atoms. The van der Waals surface area contributed by atoms with Crippen LogP contribution in [0.1, 0.15) is 24.8 Å². The molecule has 0 spiro atoms. The first-order valence-corrected chi connectivity index (χ1v) is 5.39. The summed E-state index contributed by atoms with van der Waals surface area (Å²) in [7, 11) is 0. The molecule has 0 amide bonds. The third-order valence-corrected chi connectivity index (χ3v) is 2.87. The summed E-state index contributed by atoms with van der Waals surface area (Å²) in [5.41, 5.74) is 6.94. The van der Waals surface area contributed by atoms with E-state index in [-0.39, 0.29) is 0 Å². The molecule has 2 aromatic rings. The van der Waals surface area contributed by atoms with Gasteiger partial charge in [0.2, 0.25) is 0 Å². The monoisotopic (exact) mass is 198 g/mol. The molecule has 0 saturated heterocycles. The first-order valence-electron chi connectivity index (χ1n) is 5.39. The normalized spacial score (nSPS) is 12.9. The van der Waals surface area contributed by atoms with Crippen LogP contribution in [0.4, 0.5) is 0 Å². The minimum atomic E-state index is 0.370. The number of fused-ring (bicyclic) bond motifs is 1. The summed E-state index contributed by atoms with van der Waals surface area (Å²) in [4.78, 5) is 0. The fraction of sp³-hybridized carbons (Fsp3) is 0.214. The van der Waals surface area contributed by atoms with Crippen molar-refractivity contribution in [2.24, 2.45) is 5.73 Å². The highest BCUT2D eigenvalue weighted by Gasteiger charge is 2.07. The molecule has 2 N–H and O–H groups in total. The van der Waals surface area contributed by atoms with Gasteiger partial charge in [-0.05, 0) is 22.8 Å². The Morgan fingerprint density at radius 3 is 2.53 bits per heavy atom. The molecule has 0 saturated carbocycles. The molecule has 1 radical (unpaired) electrons. The van der Waals surface area contributed by atoms with Crippen molar-refractivity contribution in [1.29, 1.82) is 0 Å². The van der Waals surface area contributed by atoms with Gasteiger partial charge in [0.05, 0.1) is 0 Å². The molecular formula is C14H16N. The van der Waals surface area contributed by atoms with E-state index in [4.69, 9.17) is 5.73 Å². The summed E-state index contributed by atoms with van der Waals surface area (Å²) in [5.74, 6) is 0.370. The molecule has 2 rings (SSSR count). The van der Waals surface area contributed by atoms with Crippen LogP contribution in [0.5, 0.6) is 0 Å². The topological polar surface area (TPSA) is 26.0 Å². The van der Waals surface area contributed by atoms with E-state index in [1.165, 1.54) is 16.3 Å². The van der Waals surface area contributed by atoms with Crippen molar-refractivity contribution in [3.8, 4) is 0 Å². The first-order chi connectivity index (χ1) is 7.35. The predicted octanol–water partition coefficient (Wildman–Crippen LogP) is 3.45. The van der Waals surface area contributed by atoms with Crippen molar-refractivity contribution in [3.63, 3.8) is 0 Å². The molecular weight excluding hydrogens is 182 g/mol. The summed E-state index contributed by atoms with van der Waals surface area (Å²) < 4.78 is 0. The number of rotatable bonds is 3. The third kappa shape index (κ3) is 2.02. The Morgan fingerprint density at radius 1 is 1.13 bits per heavy atom. The van der Waals surface area contributed by atoms with E-state index in [0.29, 0.717) is 5.92 Å². The lowest BCUT2D eigenvalue weighted by molar-refractivity contribution is 0.745. The SMILES string of the molecule is CCC([CH]N)c1ccc2ccccc2c1. The lowest BCUT2D eigenvalue weighted by atomic mass is 9.94. The van der Waals surface area contributed by atoms with Crippen molar-refractivity contribution in [1.82, 2.24) is 0 Å². The third-order valence-electron chi connectivity index (χ3n) is 2.87. The Labute approximate surface area is 90.9 Å². The van der Waals surface area contributed by atoms with Crippen LogP contribution in [0, 0.1) is 6.54 Å². The second kappa shape index (κ2) is 4.45. The smallest absolute Gasteiger partial charge is 0.0267 e. The van der Waals surface area contributed by atoms with Gasteiger partial charge in [0.15, 0.2) is 0 Å². The molecule has 1 nitrogen and oxygen atoms in total. The zero-order chi connectivity index (χ0) is 10.7. The molecule has 0 aromatic heterocycles. The van der Waals surface area contributed by atoms with Crippen LogP contribution in [0.15, 0.2) is 42.5 Å². The highest BCUT2D eigenvalue weighted by Crippen LogP contribution is 2.24. The molecule has 1 unspecified atom stereocenters. The fourth-order valence-electron chi connectivity index (χ4n) is 1.92. The van der Waals surface area contributed by atoms with Crippen LogP contribution >= 0.6 is 0 Å². The summed E-state index contributed by atoms with van der Waals surface area (Å²) in [6.45, 7) is 3.94. The molecule has 1 atom stereocenters. The molecule has 0 fully saturated rings. The van der Waals surface area contributed by atoms with Gasteiger partial charge >= 0.3 is 0 Å². The van der Waals surface area contributed by atoms with Crippen LogP contribution in [0.2, 0.25) is 0 Å². The summed E-state index contributed by atoms with van der Waals surface area (Å²) in [6, 6.07) is 15.0. The van der Waals surface area contributed by atoms with Crippen molar-refractivity contribution in [2.45, 2.75) is 19.3 Å². The van der Waals surface area contributed by atoms with Gasteiger partial charge in [-0.1, -0.05) is 49.4 Å². The van der Waals surface area contributed by atoms with Gasteiger partial charge in [0.1, 0.15) is 0 Å². The Morgan fingerprint density at radius 2 is 1.87 bits per heavy atom. The summed E-state index contributed by atoms with van der Waals surface area (Å²) in [6.07, 6.45) is 1.05. The van der Waals surface area contributed by atoms with Gasteiger partial charge in [-0.25, -0.2) is 0 Å². The summed E-state index contributed by atoms with van der Waals surface area (Å²) >= 11 is 0. The Kier molecular flexibility index (Phi) is 3.02. The van der Waals surface area contributed by atoms with Crippen LogP contribution < -0.4 is 5.73 Å². The predicted molar refractivity (Wildman–Crippen MR) is 65.5 cm³/mol. The van der Waals surface area contributed by atoms with Crippen LogP contribution in [-0.4, -0.2) is 0 Å². The zero-order valence-electron chi connectivity index (χ0n) is 8.98. The molecule has 1 heteroatoms. The first kappa shape index (κ1) is 10.2. The number of nitrogens with two attached hydrogens (primary N) is 1. The second-order valence-electron chi connectivity index (χ2n) is 3.81. The highest BCUT2D eigenvalue weighted by molar-refractivity contribution is 5.83. The maximum atomic E-state index is 5.63. The van der Waals surface area contributed by atoms with Crippen molar-refractivity contribution < 1.29 is 0 Å². The van der Waals surface area contributed by atoms with E-state index in [1.54, 1.807) is 6.54 Å². The molecule has 0 aliphatic rings. The van der Waals surface area contributed by atoms with Crippen molar-refractivity contribution in [2.75, 3.05) is 0 Å². The Bertz CT molecular complexity index is 444. The highest BCUT2D eigenvalue weighted by atomic mass is 14.5. The van der Waals surface area contributed by atoms with Crippen LogP contribution in [0.25, 0.3) is 10.8 Å². The minimum Gasteiger partial charge on any atom is -0.326 e. The quantitative estimate of drug-likeness (QED) is 0.803. The molecule has 0 aliphatic heterocycles. The minimum absolute atomic E-state index is 0.370. The van der Waals surface area contributed by atoms with Gasteiger partial charge in [0, 0.05) is 12.5 Å². The van der Waals surface area contributed by atoms with Crippen LogP contribution in [-0.2, 0) is 0 Å². The second-order valence-corrected chi connectivity index (χ2v) is 3.81.